The summed E-state index contributed by atoms with van der Waals surface area (Å²) in [6.45, 7) is 11.1. The van der Waals surface area contributed by atoms with Crippen LogP contribution in [-0.4, -0.2) is 42.1 Å². The lowest BCUT2D eigenvalue weighted by molar-refractivity contribution is -0.143. The number of rotatable bonds is 25. The molecule has 0 bridgehead atoms. The van der Waals surface area contributed by atoms with Crippen LogP contribution in [0.4, 0.5) is 0 Å². The highest BCUT2D eigenvalue weighted by molar-refractivity contribution is 7.99. The second kappa shape index (κ2) is 24.3. The van der Waals surface area contributed by atoms with Crippen molar-refractivity contribution in [3.63, 3.8) is 0 Å². The van der Waals surface area contributed by atoms with Gasteiger partial charge in [-0.3, -0.25) is 4.79 Å². The van der Waals surface area contributed by atoms with Gasteiger partial charge in [-0.25, -0.2) is 0 Å². The van der Waals surface area contributed by atoms with Crippen LogP contribution in [0.25, 0.3) is 0 Å². The topological polar surface area (TPSA) is 55.8 Å². The van der Waals surface area contributed by atoms with Crippen molar-refractivity contribution in [3.8, 4) is 0 Å². The first-order valence-corrected chi connectivity index (χ1v) is 17.1. The number of aliphatic hydroxyl groups is 1. The van der Waals surface area contributed by atoms with Crippen LogP contribution in [0.1, 0.15) is 143 Å². The van der Waals surface area contributed by atoms with Gasteiger partial charge in [-0.05, 0) is 88.7 Å². The third-order valence-electron chi connectivity index (χ3n) is 8.41. The van der Waals surface area contributed by atoms with E-state index in [0.29, 0.717) is 25.6 Å². The molecule has 1 aliphatic carbocycles. The molecule has 0 aromatic carbocycles. The van der Waals surface area contributed by atoms with Crippen molar-refractivity contribution >= 4 is 18.2 Å². The van der Waals surface area contributed by atoms with Crippen LogP contribution in [0.5, 0.6) is 0 Å². The van der Waals surface area contributed by atoms with Crippen molar-refractivity contribution < 1.29 is 19.4 Å². The van der Waals surface area contributed by atoms with Gasteiger partial charge in [-0.1, -0.05) is 83.8 Å². The van der Waals surface area contributed by atoms with E-state index in [2.05, 4.69) is 45.5 Å². The fourth-order valence-corrected chi connectivity index (χ4v) is 6.77. The van der Waals surface area contributed by atoms with E-state index in [9.17, 15) is 9.90 Å². The summed E-state index contributed by atoms with van der Waals surface area (Å²) in [5, 5.41) is 11.3. The first-order chi connectivity index (χ1) is 18.5. The van der Waals surface area contributed by atoms with Crippen molar-refractivity contribution in [2.45, 2.75) is 155 Å². The number of unbranched alkanes of at least 4 members (excludes halogenated alkanes) is 9. The number of hydrogen-bond donors (Lipinski definition) is 1. The number of carbonyl (C=O) groups excluding carboxylic acids is 1. The molecular formula is C33H62O4S. The number of ether oxygens (including phenoxy) is 2. The van der Waals surface area contributed by atoms with Gasteiger partial charge in [0.2, 0.25) is 0 Å². The molecule has 2 unspecified atom stereocenters. The Bertz CT molecular complexity index is 571. The molecule has 5 heteroatoms. The van der Waals surface area contributed by atoms with Crippen molar-refractivity contribution in [1.29, 1.82) is 0 Å². The van der Waals surface area contributed by atoms with Gasteiger partial charge in [-0.2, -0.15) is 11.8 Å². The first-order valence-electron chi connectivity index (χ1n) is 16.1. The van der Waals surface area contributed by atoms with E-state index in [1.807, 2.05) is 0 Å². The van der Waals surface area contributed by atoms with E-state index < -0.39 is 6.29 Å². The summed E-state index contributed by atoms with van der Waals surface area (Å²) >= 11 is 2.18. The van der Waals surface area contributed by atoms with Crippen LogP contribution in [0.15, 0.2) is 11.6 Å². The summed E-state index contributed by atoms with van der Waals surface area (Å²) in [5.74, 6) is 3.16. The molecular weight excluding hydrogens is 492 g/mol. The van der Waals surface area contributed by atoms with Gasteiger partial charge in [0.05, 0.1) is 6.61 Å². The zero-order chi connectivity index (χ0) is 27.8. The third kappa shape index (κ3) is 18.7. The Hall–Kier alpha value is -0.520. The molecule has 2 atom stereocenters. The van der Waals surface area contributed by atoms with Crippen LogP contribution in [-0.2, 0) is 14.3 Å². The minimum absolute atomic E-state index is 0.333. The lowest BCUT2D eigenvalue weighted by atomic mass is 9.79. The molecule has 0 radical (unpaired) electrons. The van der Waals surface area contributed by atoms with Gasteiger partial charge < -0.3 is 14.6 Å². The van der Waals surface area contributed by atoms with E-state index in [1.165, 1.54) is 94.8 Å². The maximum atomic E-state index is 10.6. The quantitative estimate of drug-likeness (QED) is 0.0527. The molecule has 1 N–H and O–H groups in total. The van der Waals surface area contributed by atoms with E-state index >= 15 is 0 Å². The normalized spacial score (nSPS) is 20.0. The molecule has 0 amide bonds. The Labute approximate surface area is 240 Å². The number of carbonyl (C=O) groups is 1. The summed E-state index contributed by atoms with van der Waals surface area (Å²) in [6, 6.07) is 0. The highest BCUT2D eigenvalue weighted by Crippen LogP contribution is 2.36. The Balaban J connectivity index is 2.02. The maximum absolute atomic E-state index is 10.6. The van der Waals surface area contributed by atoms with Gasteiger partial charge in [0.25, 0.3) is 6.47 Å². The smallest absolute Gasteiger partial charge is 0.293 e. The standard InChI is InChI=1S/C33H62O4S/c1-5-29(4)17-16-26-38-32(28(2)3)23-20-30-18-21-31(22-19-30)33(35)37-25-15-13-11-9-7-6-8-10-12-14-24-36-27-34/h17,27-28,30-33,35H,5-16,18-26H2,1-4H3. The SMILES string of the molecule is CCC(C)=CCCSC(CCC1CCC(C(O)OCCCCCCCCCCCCOC=O)CC1)C(C)C. The number of aliphatic hydroxyl groups excluding tert-OH is 1. The van der Waals surface area contributed by atoms with Crippen molar-refractivity contribution in [3.05, 3.63) is 11.6 Å². The molecule has 4 nitrogen and oxygen atoms in total. The van der Waals surface area contributed by atoms with Crippen molar-refractivity contribution in [2.75, 3.05) is 19.0 Å². The van der Waals surface area contributed by atoms with Gasteiger partial charge in [0, 0.05) is 17.8 Å². The minimum atomic E-state index is -0.563. The molecule has 0 saturated heterocycles. The van der Waals surface area contributed by atoms with E-state index in [1.54, 1.807) is 0 Å². The Morgan fingerprint density at radius 2 is 1.50 bits per heavy atom. The lowest BCUT2D eigenvalue weighted by Crippen LogP contribution is -2.28. The molecule has 0 aromatic rings. The molecule has 1 saturated carbocycles. The van der Waals surface area contributed by atoms with Gasteiger partial charge in [0.15, 0.2) is 6.29 Å². The largest absolute Gasteiger partial charge is 0.468 e. The molecule has 1 rings (SSSR count). The third-order valence-corrected chi connectivity index (χ3v) is 10.1. The molecule has 0 aliphatic heterocycles. The summed E-state index contributed by atoms with van der Waals surface area (Å²) in [5.41, 5.74) is 1.52. The van der Waals surface area contributed by atoms with Crippen molar-refractivity contribution in [2.24, 2.45) is 17.8 Å². The fourth-order valence-electron chi connectivity index (χ4n) is 5.53. The van der Waals surface area contributed by atoms with E-state index in [4.69, 9.17) is 9.47 Å². The molecule has 1 aliphatic rings. The van der Waals surface area contributed by atoms with Crippen LogP contribution >= 0.6 is 11.8 Å². The molecule has 1 fully saturated rings. The van der Waals surface area contributed by atoms with E-state index in [0.717, 1.165) is 49.2 Å². The second-order valence-corrected chi connectivity index (χ2v) is 13.3. The molecule has 0 aromatic heterocycles. The average Bonchev–Trinajstić information content (AvgIpc) is 2.92. The molecule has 224 valence electrons. The van der Waals surface area contributed by atoms with Crippen LogP contribution < -0.4 is 0 Å². The van der Waals surface area contributed by atoms with Crippen LogP contribution in [0.3, 0.4) is 0 Å². The van der Waals surface area contributed by atoms with Crippen molar-refractivity contribution in [1.82, 2.24) is 0 Å². The summed E-state index contributed by atoms with van der Waals surface area (Å²) < 4.78 is 10.6. The zero-order valence-electron chi connectivity index (χ0n) is 25.5. The number of thioether (sulfide) groups is 1. The molecule has 38 heavy (non-hydrogen) atoms. The Kier molecular flexibility index (Phi) is 22.7. The first kappa shape index (κ1) is 35.5. The van der Waals surface area contributed by atoms with Crippen LogP contribution in [0.2, 0.25) is 0 Å². The predicted molar refractivity (Wildman–Crippen MR) is 165 cm³/mol. The van der Waals surface area contributed by atoms with Gasteiger partial charge in [0.1, 0.15) is 0 Å². The lowest BCUT2D eigenvalue weighted by Gasteiger charge is -2.32. The predicted octanol–water partition coefficient (Wildman–Crippen LogP) is 9.49. The Morgan fingerprint density at radius 3 is 2.05 bits per heavy atom. The second-order valence-electron chi connectivity index (χ2n) is 12.0. The number of allylic oxidation sites excluding steroid dienone is 2. The highest BCUT2D eigenvalue weighted by Gasteiger charge is 2.27. The molecule has 0 spiro atoms. The fraction of sp³-hybridized carbons (Fsp3) is 0.909. The number of hydrogen-bond acceptors (Lipinski definition) is 5. The van der Waals surface area contributed by atoms with Gasteiger partial charge in [-0.15, -0.1) is 0 Å². The molecule has 0 heterocycles. The zero-order valence-corrected chi connectivity index (χ0v) is 26.3. The van der Waals surface area contributed by atoms with E-state index in [-0.39, 0.29) is 0 Å². The Morgan fingerprint density at radius 1 is 0.921 bits per heavy atom. The summed E-state index contributed by atoms with van der Waals surface area (Å²) in [4.78, 5) is 10.1. The summed E-state index contributed by atoms with van der Waals surface area (Å²) in [6.07, 6.45) is 23.8. The highest BCUT2D eigenvalue weighted by atomic mass is 32.2. The monoisotopic (exact) mass is 554 g/mol. The van der Waals surface area contributed by atoms with Crippen LogP contribution in [0, 0.1) is 17.8 Å². The summed E-state index contributed by atoms with van der Waals surface area (Å²) in [7, 11) is 0. The minimum Gasteiger partial charge on any atom is -0.468 e. The maximum Gasteiger partial charge on any atom is 0.293 e. The average molecular weight is 555 g/mol. The van der Waals surface area contributed by atoms with Gasteiger partial charge >= 0.3 is 0 Å².